The Bertz CT molecular complexity index is 1290. The second-order valence-electron chi connectivity index (χ2n) is 9.62. The predicted molar refractivity (Wildman–Crippen MR) is 142 cm³/mol. The van der Waals surface area contributed by atoms with E-state index < -0.39 is 26.5 Å². The number of pyridine rings is 1. The standard InChI is InChI=1S/C28H32F2N4O2S/c1-2-3-14-32-19-20-37(35,36)26-23(29)28(31-27(30)25(26)32)34-17-15-33(16-18-34)24(21-10-6-4-7-11-21)22-12-8-5-9-13-22/h4-13,24H,2-3,14-20H2,1H3. The van der Waals surface area contributed by atoms with Gasteiger partial charge in [0.25, 0.3) is 0 Å². The van der Waals surface area contributed by atoms with E-state index in [1.54, 1.807) is 9.80 Å². The number of sulfone groups is 1. The van der Waals surface area contributed by atoms with Crippen LogP contribution in [0.15, 0.2) is 65.6 Å². The van der Waals surface area contributed by atoms with E-state index >= 15 is 8.78 Å². The Labute approximate surface area is 217 Å². The van der Waals surface area contributed by atoms with Gasteiger partial charge in [-0.2, -0.15) is 9.37 Å². The Morgan fingerprint density at radius 1 is 0.892 bits per heavy atom. The Hall–Kier alpha value is -3.04. The van der Waals surface area contributed by atoms with Crippen molar-refractivity contribution in [2.24, 2.45) is 0 Å². The van der Waals surface area contributed by atoms with Crippen molar-refractivity contribution in [2.75, 3.05) is 54.8 Å². The summed E-state index contributed by atoms with van der Waals surface area (Å²) in [6.07, 6.45) is 1.62. The third kappa shape index (κ3) is 5.07. The van der Waals surface area contributed by atoms with Crippen molar-refractivity contribution in [1.82, 2.24) is 9.88 Å². The van der Waals surface area contributed by atoms with E-state index in [2.05, 4.69) is 34.1 Å². The highest BCUT2D eigenvalue weighted by molar-refractivity contribution is 7.91. The van der Waals surface area contributed by atoms with Gasteiger partial charge in [0.05, 0.1) is 11.8 Å². The van der Waals surface area contributed by atoms with Crippen molar-refractivity contribution in [3.63, 3.8) is 0 Å². The second kappa shape index (κ2) is 10.8. The third-order valence-electron chi connectivity index (χ3n) is 7.26. The molecule has 1 aromatic heterocycles. The van der Waals surface area contributed by atoms with E-state index in [1.165, 1.54) is 0 Å². The molecule has 3 aromatic rings. The minimum atomic E-state index is -3.94. The van der Waals surface area contributed by atoms with E-state index in [0.29, 0.717) is 32.7 Å². The molecule has 0 spiro atoms. The van der Waals surface area contributed by atoms with E-state index in [-0.39, 0.29) is 29.8 Å². The van der Waals surface area contributed by atoms with E-state index in [4.69, 9.17) is 0 Å². The highest BCUT2D eigenvalue weighted by Gasteiger charge is 2.38. The lowest BCUT2D eigenvalue weighted by Crippen LogP contribution is -2.48. The molecule has 2 aromatic carbocycles. The zero-order valence-electron chi connectivity index (χ0n) is 21.0. The molecule has 3 heterocycles. The lowest BCUT2D eigenvalue weighted by Gasteiger charge is -2.40. The quantitative estimate of drug-likeness (QED) is 0.418. The van der Waals surface area contributed by atoms with Crippen LogP contribution in [0.1, 0.15) is 36.9 Å². The SMILES string of the molecule is CCCCN1CCS(=O)(=O)c2c(F)c(N3CCN(C(c4ccccc4)c4ccccc4)CC3)nc(F)c21. The highest BCUT2D eigenvalue weighted by Crippen LogP contribution is 2.39. The molecule has 0 unspecified atom stereocenters. The number of piperazine rings is 1. The van der Waals surface area contributed by atoms with E-state index in [0.717, 1.165) is 24.0 Å². The molecule has 1 saturated heterocycles. The van der Waals surface area contributed by atoms with Gasteiger partial charge in [-0.3, -0.25) is 4.90 Å². The molecule has 0 saturated carbocycles. The fourth-order valence-corrected chi connectivity index (χ4v) is 6.89. The summed E-state index contributed by atoms with van der Waals surface area (Å²) in [6.45, 7) is 4.59. The van der Waals surface area contributed by atoms with Crippen LogP contribution < -0.4 is 9.80 Å². The minimum absolute atomic E-state index is 0.0233. The Morgan fingerprint density at radius 3 is 2.05 bits per heavy atom. The van der Waals surface area contributed by atoms with Crippen LogP contribution in [0.4, 0.5) is 20.3 Å². The van der Waals surface area contributed by atoms with E-state index in [9.17, 15) is 8.42 Å². The molecule has 0 radical (unpaired) electrons. The maximum atomic E-state index is 15.8. The topological polar surface area (TPSA) is 56.8 Å². The zero-order valence-corrected chi connectivity index (χ0v) is 21.8. The van der Waals surface area contributed by atoms with Crippen LogP contribution in [0.3, 0.4) is 0 Å². The predicted octanol–water partition coefficient (Wildman–Crippen LogP) is 4.67. The summed E-state index contributed by atoms with van der Waals surface area (Å²) in [4.78, 5) is 9.05. The number of aromatic nitrogens is 1. The Morgan fingerprint density at radius 2 is 1.49 bits per heavy atom. The van der Waals surface area contributed by atoms with Gasteiger partial charge in [0.1, 0.15) is 10.6 Å². The lowest BCUT2D eigenvalue weighted by molar-refractivity contribution is 0.211. The Balaban J connectivity index is 1.43. The first-order chi connectivity index (χ1) is 17.9. The molecule has 0 amide bonds. The molecule has 37 heavy (non-hydrogen) atoms. The molecular weight excluding hydrogens is 494 g/mol. The Kier molecular flexibility index (Phi) is 7.44. The van der Waals surface area contributed by atoms with Crippen molar-refractivity contribution >= 4 is 21.3 Å². The number of anilines is 2. The highest BCUT2D eigenvalue weighted by atomic mass is 32.2. The molecule has 196 valence electrons. The van der Waals surface area contributed by atoms with Crippen molar-refractivity contribution < 1.29 is 17.2 Å². The van der Waals surface area contributed by atoms with Gasteiger partial charge in [-0.15, -0.1) is 0 Å². The van der Waals surface area contributed by atoms with Crippen LogP contribution in [0.25, 0.3) is 0 Å². The van der Waals surface area contributed by atoms with Crippen molar-refractivity contribution in [3.8, 4) is 0 Å². The number of fused-ring (bicyclic) bond motifs is 1. The molecule has 0 N–H and O–H groups in total. The van der Waals surface area contributed by atoms with Gasteiger partial charge in [0, 0.05) is 39.3 Å². The monoisotopic (exact) mass is 526 g/mol. The number of unbranched alkanes of at least 4 members (excludes halogenated alkanes) is 1. The number of nitrogens with zero attached hydrogens (tertiary/aromatic N) is 4. The first-order valence-electron chi connectivity index (χ1n) is 12.9. The summed E-state index contributed by atoms with van der Waals surface area (Å²) < 4.78 is 56.9. The first kappa shape index (κ1) is 25.6. The largest absolute Gasteiger partial charge is 0.366 e. The normalized spacial score (nSPS) is 17.7. The molecule has 5 rings (SSSR count). The first-order valence-corrected chi connectivity index (χ1v) is 14.5. The third-order valence-corrected chi connectivity index (χ3v) is 8.97. The summed E-state index contributed by atoms with van der Waals surface area (Å²) in [6, 6.07) is 20.4. The summed E-state index contributed by atoms with van der Waals surface area (Å²) in [7, 11) is -3.94. The molecule has 9 heteroatoms. The van der Waals surface area contributed by atoms with Gasteiger partial charge in [-0.1, -0.05) is 74.0 Å². The lowest BCUT2D eigenvalue weighted by atomic mass is 9.96. The molecule has 1 fully saturated rings. The molecule has 6 nitrogen and oxygen atoms in total. The van der Waals surface area contributed by atoms with Gasteiger partial charge in [-0.05, 0) is 17.5 Å². The van der Waals surface area contributed by atoms with Crippen LogP contribution in [0, 0.1) is 11.8 Å². The molecule has 0 atom stereocenters. The summed E-state index contributed by atoms with van der Waals surface area (Å²) in [5, 5.41) is 0. The molecule has 0 aliphatic carbocycles. The molecular formula is C28H32F2N4O2S. The zero-order chi connectivity index (χ0) is 26.0. The van der Waals surface area contributed by atoms with Crippen molar-refractivity contribution in [1.29, 1.82) is 0 Å². The van der Waals surface area contributed by atoms with Crippen LogP contribution in [-0.4, -0.2) is 63.3 Å². The summed E-state index contributed by atoms with van der Waals surface area (Å²) in [5.41, 5.74) is 2.10. The van der Waals surface area contributed by atoms with Gasteiger partial charge >= 0.3 is 0 Å². The van der Waals surface area contributed by atoms with Crippen LogP contribution in [0.2, 0.25) is 0 Å². The van der Waals surface area contributed by atoms with Gasteiger partial charge in [0.2, 0.25) is 5.95 Å². The average molecular weight is 527 g/mol. The van der Waals surface area contributed by atoms with E-state index in [1.807, 2.05) is 43.3 Å². The molecule has 0 bridgehead atoms. The van der Waals surface area contributed by atoms with Crippen molar-refractivity contribution in [3.05, 3.63) is 83.6 Å². The molecule has 2 aliphatic rings. The van der Waals surface area contributed by atoms with Crippen molar-refractivity contribution in [2.45, 2.75) is 30.7 Å². The maximum Gasteiger partial charge on any atom is 0.239 e. The number of hydrogen-bond acceptors (Lipinski definition) is 6. The second-order valence-corrected chi connectivity index (χ2v) is 11.7. The summed E-state index contributed by atoms with van der Waals surface area (Å²) in [5.74, 6) is -2.30. The maximum absolute atomic E-state index is 15.8. The molecule has 2 aliphatic heterocycles. The summed E-state index contributed by atoms with van der Waals surface area (Å²) >= 11 is 0. The van der Waals surface area contributed by atoms with Gasteiger partial charge in [-0.25, -0.2) is 12.8 Å². The fourth-order valence-electron chi connectivity index (χ4n) is 5.36. The van der Waals surface area contributed by atoms with Crippen LogP contribution >= 0.6 is 0 Å². The average Bonchev–Trinajstić information content (AvgIpc) is 2.91. The smallest absolute Gasteiger partial charge is 0.239 e. The van der Waals surface area contributed by atoms with Gasteiger partial charge in [0.15, 0.2) is 21.5 Å². The van der Waals surface area contributed by atoms with Crippen LogP contribution in [-0.2, 0) is 9.84 Å². The number of hydrogen-bond donors (Lipinski definition) is 0. The van der Waals surface area contributed by atoms with Crippen LogP contribution in [0.5, 0.6) is 0 Å². The number of rotatable bonds is 7. The minimum Gasteiger partial charge on any atom is -0.366 e. The number of halogens is 2. The van der Waals surface area contributed by atoms with Gasteiger partial charge < -0.3 is 9.80 Å². The number of benzene rings is 2. The fraction of sp³-hybridized carbons (Fsp3) is 0.393.